The number of methoxy groups -OCH3 is 1. The molecule has 1 aromatic heterocycles. The molecule has 122 valence electrons. The van der Waals surface area contributed by atoms with Crippen LogP contribution in [0.15, 0.2) is 47.4 Å². The quantitative estimate of drug-likeness (QED) is 0.807. The Morgan fingerprint density at radius 2 is 1.91 bits per heavy atom. The van der Waals surface area contributed by atoms with Gasteiger partial charge in [0.05, 0.1) is 12.0 Å². The van der Waals surface area contributed by atoms with E-state index in [0.29, 0.717) is 18.8 Å². The van der Waals surface area contributed by atoms with Gasteiger partial charge in [-0.2, -0.15) is 0 Å². The van der Waals surface area contributed by atoms with Crippen LogP contribution in [0.2, 0.25) is 0 Å². The number of nitrogens with one attached hydrogen (secondary N) is 1. The van der Waals surface area contributed by atoms with Crippen molar-refractivity contribution in [3.05, 3.63) is 53.7 Å². The van der Waals surface area contributed by atoms with Gasteiger partial charge >= 0.3 is 0 Å². The van der Waals surface area contributed by atoms with Crippen LogP contribution in [-0.4, -0.2) is 33.0 Å². The predicted molar refractivity (Wildman–Crippen MR) is 84.6 cm³/mol. The van der Waals surface area contributed by atoms with E-state index >= 15 is 0 Å². The summed E-state index contributed by atoms with van der Waals surface area (Å²) in [7, 11) is -2.20. The van der Waals surface area contributed by atoms with Crippen LogP contribution >= 0.6 is 0 Å². The molecule has 3 N–H and O–H groups in total. The van der Waals surface area contributed by atoms with Gasteiger partial charge in [-0.1, -0.05) is 18.2 Å². The Morgan fingerprint density at radius 3 is 2.52 bits per heavy atom. The Hall–Kier alpha value is -2.45. The summed E-state index contributed by atoms with van der Waals surface area (Å²) in [6.45, 7) is 0.395. The van der Waals surface area contributed by atoms with E-state index in [1.54, 1.807) is 30.3 Å². The van der Waals surface area contributed by atoms with Gasteiger partial charge in [0.25, 0.3) is 5.91 Å². The first kappa shape index (κ1) is 16.9. The smallest absolute Gasteiger partial charge is 0.270 e. The summed E-state index contributed by atoms with van der Waals surface area (Å²) >= 11 is 0. The van der Waals surface area contributed by atoms with Gasteiger partial charge < -0.3 is 10.1 Å². The van der Waals surface area contributed by atoms with E-state index in [1.165, 1.54) is 19.2 Å². The second kappa shape index (κ2) is 7.21. The molecular formula is C15H17N3O4S. The molecule has 8 heteroatoms. The number of ether oxygens (including phenoxy) is 1. The monoisotopic (exact) mass is 335 g/mol. The molecule has 0 aliphatic rings. The van der Waals surface area contributed by atoms with Gasteiger partial charge in [-0.3, -0.25) is 4.79 Å². The SMILES string of the molecule is COc1cccc(C(=O)NCCc2ccc(S(N)(=O)=O)cc2)n1. The largest absolute Gasteiger partial charge is 0.481 e. The number of rotatable bonds is 6. The van der Waals surface area contributed by atoms with Gasteiger partial charge in [0, 0.05) is 12.6 Å². The number of primary sulfonamides is 1. The highest BCUT2D eigenvalue weighted by Crippen LogP contribution is 2.09. The summed E-state index contributed by atoms with van der Waals surface area (Å²) in [5.74, 6) is 0.0706. The van der Waals surface area contributed by atoms with Crippen LogP contribution in [0.4, 0.5) is 0 Å². The van der Waals surface area contributed by atoms with Crippen LogP contribution in [0.25, 0.3) is 0 Å². The maximum absolute atomic E-state index is 12.0. The molecule has 0 aliphatic carbocycles. The fourth-order valence-corrected chi connectivity index (χ4v) is 2.43. The molecule has 0 fully saturated rings. The molecule has 0 saturated carbocycles. The molecule has 23 heavy (non-hydrogen) atoms. The number of hydrogen-bond donors (Lipinski definition) is 2. The van der Waals surface area contributed by atoms with Crippen molar-refractivity contribution in [3.8, 4) is 5.88 Å². The van der Waals surface area contributed by atoms with Gasteiger partial charge in [0.2, 0.25) is 15.9 Å². The lowest BCUT2D eigenvalue weighted by atomic mass is 10.1. The van der Waals surface area contributed by atoms with Gasteiger partial charge in [-0.15, -0.1) is 0 Å². The average molecular weight is 335 g/mol. The average Bonchev–Trinajstić information content (AvgIpc) is 2.54. The topological polar surface area (TPSA) is 111 Å². The summed E-state index contributed by atoms with van der Waals surface area (Å²) in [4.78, 5) is 16.1. The van der Waals surface area contributed by atoms with Crippen LogP contribution < -0.4 is 15.2 Å². The molecular weight excluding hydrogens is 318 g/mol. The zero-order valence-corrected chi connectivity index (χ0v) is 13.3. The van der Waals surface area contributed by atoms with E-state index in [4.69, 9.17) is 9.88 Å². The standard InChI is InChI=1S/C15H17N3O4S/c1-22-14-4-2-3-13(18-14)15(19)17-10-9-11-5-7-12(8-6-11)23(16,20)21/h2-8H,9-10H2,1H3,(H,17,19)(H2,16,20,21). The third-order valence-electron chi connectivity index (χ3n) is 3.12. The molecule has 2 aromatic rings. The van der Waals surface area contributed by atoms with Crippen molar-refractivity contribution < 1.29 is 17.9 Å². The van der Waals surface area contributed by atoms with E-state index in [-0.39, 0.29) is 16.5 Å². The lowest BCUT2D eigenvalue weighted by molar-refractivity contribution is 0.0948. The van der Waals surface area contributed by atoms with Gasteiger partial charge in [0.1, 0.15) is 5.69 Å². The lowest BCUT2D eigenvalue weighted by Crippen LogP contribution is -2.26. The Bertz CT molecular complexity index is 789. The van der Waals surface area contributed by atoms with Crippen LogP contribution in [0, 0.1) is 0 Å². The number of nitrogens with zero attached hydrogens (tertiary/aromatic N) is 1. The minimum atomic E-state index is -3.69. The summed E-state index contributed by atoms with van der Waals surface area (Å²) in [5.41, 5.74) is 1.16. The molecule has 2 rings (SSSR count). The highest BCUT2D eigenvalue weighted by Gasteiger charge is 2.09. The summed E-state index contributed by atoms with van der Waals surface area (Å²) < 4.78 is 27.3. The Balaban J connectivity index is 1.90. The molecule has 0 bridgehead atoms. The number of benzene rings is 1. The summed E-state index contributed by atoms with van der Waals surface area (Å²) in [5, 5.41) is 7.78. The van der Waals surface area contributed by atoms with Crippen molar-refractivity contribution in [1.29, 1.82) is 0 Å². The maximum atomic E-state index is 12.0. The molecule has 7 nitrogen and oxygen atoms in total. The fourth-order valence-electron chi connectivity index (χ4n) is 1.91. The van der Waals surface area contributed by atoms with Crippen molar-refractivity contribution in [2.24, 2.45) is 5.14 Å². The minimum absolute atomic E-state index is 0.0610. The zero-order chi connectivity index (χ0) is 16.9. The normalized spacial score (nSPS) is 11.0. The zero-order valence-electron chi connectivity index (χ0n) is 12.5. The third-order valence-corrected chi connectivity index (χ3v) is 4.05. The number of carbonyl (C=O) groups excluding carboxylic acids is 1. The van der Waals surface area contributed by atoms with Crippen molar-refractivity contribution in [1.82, 2.24) is 10.3 Å². The number of aromatic nitrogens is 1. The first-order chi connectivity index (χ1) is 10.9. The van der Waals surface area contributed by atoms with E-state index in [1.807, 2.05) is 0 Å². The van der Waals surface area contributed by atoms with E-state index in [9.17, 15) is 13.2 Å². The van der Waals surface area contributed by atoms with Gasteiger partial charge in [0.15, 0.2) is 0 Å². The summed E-state index contributed by atoms with van der Waals surface area (Å²) in [6.07, 6.45) is 0.556. The number of sulfonamides is 1. The number of nitrogens with two attached hydrogens (primary N) is 1. The van der Waals surface area contributed by atoms with E-state index in [0.717, 1.165) is 5.56 Å². The summed E-state index contributed by atoms with van der Waals surface area (Å²) in [6, 6.07) is 11.1. The molecule has 0 spiro atoms. The van der Waals surface area contributed by atoms with Crippen LogP contribution in [0.5, 0.6) is 5.88 Å². The predicted octanol–water partition coefficient (Wildman–Crippen LogP) is 0.710. The Kier molecular flexibility index (Phi) is 5.30. The van der Waals surface area contributed by atoms with Crippen LogP contribution in [0.3, 0.4) is 0 Å². The number of amides is 1. The van der Waals surface area contributed by atoms with E-state index < -0.39 is 10.0 Å². The molecule has 1 aromatic carbocycles. The second-order valence-electron chi connectivity index (χ2n) is 4.76. The van der Waals surface area contributed by atoms with Gasteiger partial charge in [-0.25, -0.2) is 18.5 Å². The van der Waals surface area contributed by atoms with E-state index in [2.05, 4.69) is 10.3 Å². The molecule has 0 aliphatic heterocycles. The highest BCUT2D eigenvalue weighted by molar-refractivity contribution is 7.89. The molecule has 1 heterocycles. The van der Waals surface area contributed by atoms with Crippen molar-refractivity contribution in [2.75, 3.05) is 13.7 Å². The number of carbonyl (C=O) groups is 1. The first-order valence-electron chi connectivity index (χ1n) is 6.81. The molecule has 1 amide bonds. The van der Waals surface area contributed by atoms with Gasteiger partial charge in [-0.05, 0) is 30.2 Å². The maximum Gasteiger partial charge on any atom is 0.270 e. The number of hydrogen-bond acceptors (Lipinski definition) is 5. The van der Waals surface area contributed by atoms with Crippen LogP contribution in [-0.2, 0) is 16.4 Å². The van der Waals surface area contributed by atoms with Crippen molar-refractivity contribution >= 4 is 15.9 Å². The molecule has 0 radical (unpaired) electrons. The first-order valence-corrected chi connectivity index (χ1v) is 8.36. The Labute approximate surface area is 134 Å². The molecule has 0 unspecified atom stereocenters. The third kappa shape index (κ3) is 4.76. The lowest BCUT2D eigenvalue weighted by Gasteiger charge is -2.06. The van der Waals surface area contributed by atoms with Crippen LogP contribution in [0.1, 0.15) is 16.1 Å². The second-order valence-corrected chi connectivity index (χ2v) is 6.32. The highest BCUT2D eigenvalue weighted by atomic mass is 32.2. The number of pyridine rings is 1. The fraction of sp³-hybridized carbons (Fsp3) is 0.200. The molecule has 0 saturated heterocycles. The Morgan fingerprint density at radius 1 is 1.22 bits per heavy atom. The minimum Gasteiger partial charge on any atom is -0.481 e. The van der Waals surface area contributed by atoms with Crippen molar-refractivity contribution in [3.63, 3.8) is 0 Å². The van der Waals surface area contributed by atoms with Crippen molar-refractivity contribution in [2.45, 2.75) is 11.3 Å². The molecule has 0 atom stereocenters.